The first-order valence-corrected chi connectivity index (χ1v) is 12.0. The maximum absolute atomic E-state index is 11.4. The number of fused-ring (bicyclic) bond motifs is 2. The molecule has 34 heavy (non-hydrogen) atoms. The summed E-state index contributed by atoms with van der Waals surface area (Å²) in [4.78, 5) is 0. The molecule has 5 rings (SSSR count). The number of benzene rings is 5. The van der Waals surface area contributed by atoms with Gasteiger partial charge in [-0.15, -0.1) is 0 Å². The highest BCUT2D eigenvalue weighted by Crippen LogP contribution is 2.33. The molecule has 0 fully saturated rings. The van der Waals surface area contributed by atoms with Crippen LogP contribution in [0.25, 0.3) is 21.5 Å². The van der Waals surface area contributed by atoms with Crippen molar-refractivity contribution in [2.75, 3.05) is 6.54 Å². The van der Waals surface area contributed by atoms with Crippen LogP contribution < -0.4 is 5.32 Å². The molecule has 0 aliphatic carbocycles. The normalized spacial score (nSPS) is 13.4. The van der Waals surface area contributed by atoms with E-state index in [-0.39, 0.29) is 12.0 Å². The lowest BCUT2D eigenvalue weighted by atomic mass is 9.86. The van der Waals surface area contributed by atoms with Crippen LogP contribution in [0.1, 0.15) is 35.6 Å². The molecule has 169 valence electrons. The predicted molar refractivity (Wildman–Crippen MR) is 142 cm³/mol. The molecule has 0 bridgehead atoms. The smallest absolute Gasteiger partial charge is 0.106 e. The van der Waals surface area contributed by atoms with Crippen LogP contribution in [0.5, 0.6) is 0 Å². The van der Waals surface area contributed by atoms with Crippen molar-refractivity contribution in [2.45, 2.75) is 25.3 Å². The van der Waals surface area contributed by atoms with Crippen LogP contribution in [0.3, 0.4) is 0 Å². The summed E-state index contributed by atoms with van der Waals surface area (Å²) in [6, 6.07) is 40.1. The number of hydrogen-bond acceptors (Lipinski definition) is 2. The Labute approximate surface area is 201 Å². The van der Waals surface area contributed by atoms with Gasteiger partial charge in [-0.1, -0.05) is 115 Å². The van der Waals surface area contributed by atoms with Crippen LogP contribution in [0, 0.1) is 6.10 Å². The van der Waals surface area contributed by atoms with Crippen molar-refractivity contribution in [3.63, 3.8) is 0 Å². The maximum Gasteiger partial charge on any atom is 0.106 e. The van der Waals surface area contributed by atoms with Gasteiger partial charge in [0.15, 0.2) is 0 Å². The minimum absolute atomic E-state index is 0.122. The van der Waals surface area contributed by atoms with Crippen LogP contribution in [0.15, 0.2) is 115 Å². The molecule has 5 aromatic carbocycles. The van der Waals surface area contributed by atoms with Crippen molar-refractivity contribution in [3.8, 4) is 0 Å². The highest BCUT2D eigenvalue weighted by molar-refractivity contribution is 5.87. The van der Waals surface area contributed by atoms with Gasteiger partial charge >= 0.3 is 0 Å². The number of aliphatic hydroxyl groups is 1. The summed E-state index contributed by atoms with van der Waals surface area (Å²) < 4.78 is 0. The zero-order valence-electron chi connectivity index (χ0n) is 19.5. The van der Waals surface area contributed by atoms with Gasteiger partial charge in [0.2, 0.25) is 0 Å². The fourth-order valence-electron chi connectivity index (χ4n) is 4.92. The van der Waals surface area contributed by atoms with E-state index >= 15 is 0 Å². The van der Waals surface area contributed by atoms with E-state index in [4.69, 9.17) is 0 Å². The minimum Gasteiger partial charge on any atom is -0.386 e. The second-order valence-electron chi connectivity index (χ2n) is 8.97. The van der Waals surface area contributed by atoms with Crippen LogP contribution in [-0.4, -0.2) is 11.7 Å². The number of hydrogen-bond donors (Lipinski definition) is 2. The third kappa shape index (κ3) is 4.75. The molecule has 0 aliphatic heterocycles. The lowest BCUT2D eigenvalue weighted by Crippen LogP contribution is -2.29. The molecular weight excluding hydrogens is 414 g/mol. The van der Waals surface area contributed by atoms with E-state index in [0.29, 0.717) is 19.1 Å². The van der Waals surface area contributed by atoms with Crippen LogP contribution in [0.2, 0.25) is 0 Å². The van der Waals surface area contributed by atoms with Gasteiger partial charge in [0, 0.05) is 24.9 Å². The summed E-state index contributed by atoms with van der Waals surface area (Å²) in [5, 5.41) is 20.0. The standard InChI is InChI=1S/C32H30NO/c1-23(27-19-9-15-25-13-5-7-17-28(25)27)33-22-31(32(34)21-24-11-3-2-4-12-24)30-20-10-16-26-14-6-8-18-29(26)30/h2-20,23,31,33-34H,21-22H2,1H3/t23-,31-/m0/s1. The lowest BCUT2D eigenvalue weighted by Gasteiger charge is -2.27. The van der Waals surface area contributed by atoms with Gasteiger partial charge in [-0.3, -0.25) is 0 Å². The fourth-order valence-corrected chi connectivity index (χ4v) is 4.92. The Bertz CT molecular complexity index is 1370. The van der Waals surface area contributed by atoms with Crippen molar-refractivity contribution in [1.82, 2.24) is 5.32 Å². The molecule has 0 spiro atoms. The van der Waals surface area contributed by atoms with E-state index in [2.05, 4.69) is 109 Å². The molecule has 2 N–H and O–H groups in total. The summed E-state index contributed by atoms with van der Waals surface area (Å²) in [5.74, 6) is -0.122. The number of aliphatic hydroxyl groups excluding tert-OH is 1. The summed E-state index contributed by atoms with van der Waals surface area (Å²) >= 11 is 0. The number of rotatable bonds is 8. The average molecular weight is 445 g/mol. The molecule has 0 aromatic heterocycles. The van der Waals surface area contributed by atoms with E-state index in [1.54, 1.807) is 0 Å². The fraction of sp³-hybridized carbons (Fsp3) is 0.156. The van der Waals surface area contributed by atoms with E-state index in [1.807, 2.05) is 18.2 Å². The number of nitrogens with one attached hydrogen (secondary N) is 1. The molecule has 0 amide bonds. The molecule has 0 heterocycles. The summed E-state index contributed by atoms with van der Waals surface area (Å²) in [6.07, 6.45) is 1.03. The van der Waals surface area contributed by atoms with Crippen molar-refractivity contribution >= 4 is 21.5 Å². The Morgan fingerprint density at radius 3 is 1.85 bits per heavy atom. The van der Waals surface area contributed by atoms with Gasteiger partial charge in [0.25, 0.3) is 0 Å². The Morgan fingerprint density at radius 2 is 1.18 bits per heavy atom. The first-order valence-electron chi connectivity index (χ1n) is 12.0. The van der Waals surface area contributed by atoms with Crippen LogP contribution in [-0.2, 0) is 6.42 Å². The van der Waals surface area contributed by atoms with Crippen molar-refractivity contribution in [1.29, 1.82) is 0 Å². The van der Waals surface area contributed by atoms with Gasteiger partial charge in [0.1, 0.15) is 6.10 Å². The SMILES string of the molecule is C[C@H](NC[C@H]([C](O)Cc1ccccc1)c1cccc2ccccc12)c1cccc2ccccc12. The Hall–Kier alpha value is -3.46. The second-order valence-corrected chi connectivity index (χ2v) is 8.97. The third-order valence-corrected chi connectivity index (χ3v) is 6.75. The maximum atomic E-state index is 11.4. The molecule has 0 saturated heterocycles. The van der Waals surface area contributed by atoms with Crippen molar-refractivity contribution in [3.05, 3.63) is 138 Å². The van der Waals surface area contributed by atoms with Gasteiger partial charge in [-0.2, -0.15) is 0 Å². The van der Waals surface area contributed by atoms with Gasteiger partial charge < -0.3 is 10.4 Å². The van der Waals surface area contributed by atoms with Gasteiger partial charge in [-0.05, 0) is 45.2 Å². The van der Waals surface area contributed by atoms with E-state index < -0.39 is 0 Å². The Kier molecular flexibility index (Phi) is 6.71. The highest BCUT2D eigenvalue weighted by Gasteiger charge is 2.25. The van der Waals surface area contributed by atoms with Crippen LogP contribution >= 0.6 is 0 Å². The molecule has 0 unspecified atom stereocenters. The molecule has 1 radical (unpaired) electrons. The Balaban J connectivity index is 1.45. The third-order valence-electron chi connectivity index (χ3n) is 6.75. The topological polar surface area (TPSA) is 32.3 Å². The van der Waals surface area contributed by atoms with Crippen LogP contribution in [0.4, 0.5) is 0 Å². The Morgan fingerprint density at radius 1 is 0.647 bits per heavy atom. The first kappa shape index (κ1) is 22.3. The molecule has 0 aliphatic rings. The molecule has 2 nitrogen and oxygen atoms in total. The zero-order chi connectivity index (χ0) is 23.3. The summed E-state index contributed by atoms with van der Waals surface area (Å²) in [7, 11) is 0. The highest BCUT2D eigenvalue weighted by atomic mass is 16.3. The lowest BCUT2D eigenvalue weighted by molar-refractivity contribution is 0.251. The second kappa shape index (κ2) is 10.2. The predicted octanol–water partition coefficient (Wildman–Crippen LogP) is 7.57. The molecule has 2 atom stereocenters. The van der Waals surface area contributed by atoms with Gasteiger partial charge in [-0.25, -0.2) is 0 Å². The van der Waals surface area contributed by atoms with E-state index in [9.17, 15) is 5.11 Å². The largest absolute Gasteiger partial charge is 0.386 e. The molecular formula is C32H30NO. The van der Waals surface area contributed by atoms with Crippen molar-refractivity contribution in [2.24, 2.45) is 0 Å². The first-order chi connectivity index (χ1) is 16.7. The quantitative estimate of drug-likeness (QED) is 0.259. The average Bonchev–Trinajstić information content (AvgIpc) is 2.89. The minimum atomic E-state index is -0.122. The summed E-state index contributed by atoms with van der Waals surface area (Å²) in [5.41, 5.74) is 3.55. The molecule has 0 saturated carbocycles. The molecule has 2 heteroatoms. The van der Waals surface area contributed by atoms with E-state index in [0.717, 1.165) is 11.1 Å². The van der Waals surface area contributed by atoms with Gasteiger partial charge in [0.05, 0.1) is 0 Å². The molecule has 5 aromatic rings. The van der Waals surface area contributed by atoms with Crippen molar-refractivity contribution < 1.29 is 5.11 Å². The summed E-state index contributed by atoms with van der Waals surface area (Å²) in [6.45, 7) is 2.85. The monoisotopic (exact) mass is 444 g/mol. The van der Waals surface area contributed by atoms with E-state index in [1.165, 1.54) is 27.1 Å². The zero-order valence-corrected chi connectivity index (χ0v) is 19.5.